The van der Waals surface area contributed by atoms with Crippen LogP contribution >= 0.6 is 22.7 Å². The highest BCUT2D eigenvalue weighted by Crippen LogP contribution is 2.30. The van der Waals surface area contributed by atoms with E-state index in [0.717, 1.165) is 16.5 Å². The predicted molar refractivity (Wildman–Crippen MR) is 89.5 cm³/mol. The number of aromatic nitrogens is 1. The van der Waals surface area contributed by atoms with Crippen molar-refractivity contribution in [3.8, 4) is 10.6 Å². The molecule has 2 heterocycles. The number of hydrogen-bond donors (Lipinski definition) is 1. The van der Waals surface area contributed by atoms with Gasteiger partial charge >= 0.3 is 0 Å². The maximum Gasteiger partial charge on any atom is 0.187 e. The first-order valence-corrected chi connectivity index (χ1v) is 8.02. The third kappa shape index (κ3) is 2.84. The highest BCUT2D eigenvalue weighted by molar-refractivity contribution is 7.16. The molecule has 0 bridgehead atoms. The summed E-state index contributed by atoms with van der Waals surface area (Å²) in [6, 6.07) is 12.5. The molecular weight excluding hydrogens is 286 g/mol. The standard InChI is InChI=1S/C15H15N3S2/c1-18(2)12-7-5-11(6-8-12)16-15-17-13(10-20-15)14-4-3-9-19-14/h3-10H,1-2H3,(H,16,17). The highest BCUT2D eigenvalue weighted by atomic mass is 32.1. The summed E-state index contributed by atoms with van der Waals surface area (Å²) < 4.78 is 0. The zero-order valence-electron chi connectivity index (χ0n) is 11.3. The van der Waals surface area contributed by atoms with Gasteiger partial charge in [0.05, 0.1) is 10.6 Å². The second-order valence-corrected chi connectivity index (χ2v) is 6.39. The highest BCUT2D eigenvalue weighted by Gasteiger charge is 2.05. The molecule has 0 unspecified atom stereocenters. The van der Waals surface area contributed by atoms with Gasteiger partial charge in [-0.3, -0.25) is 0 Å². The Bertz CT molecular complexity index is 669. The average molecular weight is 301 g/mol. The average Bonchev–Trinajstić information content (AvgIpc) is 3.09. The Morgan fingerprint density at radius 1 is 1.05 bits per heavy atom. The van der Waals surface area contributed by atoms with E-state index in [1.165, 1.54) is 10.6 Å². The van der Waals surface area contributed by atoms with Crippen LogP contribution in [0.15, 0.2) is 47.2 Å². The smallest absolute Gasteiger partial charge is 0.187 e. The van der Waals surface area contributed by atoms with E-state index in [-0.39, 0.29) is 0 Å². The van der Waals surface area contributed by atoms with Crippen molar-refractivity contribution in [1.29, 1.82) is 0 Å². The number of benzene rings is 1. The lowest BCUT2D eigenvalue weighted by atomic mass is 10.2. The van der Waals surface area contributed by atoms with Gasteiger partial charge in [0.15, 0.2) is 5.13 Å². The zero-order chi connectivity index (χ0) is 13.9. The minimum Gasteiger partial charge on any atom is -0.378 e. The van der Waals surface area contributed by atoms with E-state index in [1.807, 2.05) is 20.2 Å². The van der Waals surface area contributed by atoms with Crippen molar-refractivity contribution in [3.05, 3.63) is 47.2 Å². The van der Waals surface area contributed by atoms with Crippen LogP contribution in [0.5, 0.6) is 0 Å². The number of nitrogens with zero attached hydrogens (tertiary/aromatic N) is 2. The van der Waals surface area contributed by atoms with Crippen LogP contribution in [0.1, 0.15) is 0 Å². The zero-order valence-corrected chi connectivity index (χ0v) is 13.0. The summed E-state index contributed by atoms with van der Waals surface area (Å²) in [5, 5.41) is 8.42. The Morgan fingerprint density at radius 3 is 2.50 bits per heavy atom. The van der Waals surface area contributed by atoms with Gasteiger partial charge < -0.3 is 10.2 Å². The molecule has 0 spiro atoms. The number of nitrogens with one attached hydrogen (secondary N) is 1. The minimum absolute atomic E-state index is 0.922. The fourth-order valence-corrected chi connectivity index (χ4v) is 3.33. The molecule has 0 saturated heterocycles. The minimum atomic E-state index is 0.922. The second kappa shape index (κ2) is 5.64. The summed E-state index contributed by atoms with van der Waals surface area (Å²) in [5.74, 6) is 0. The number of thiazole rings is 1. The molecule has 3 rings (SSSR count). The van der Waals surface area contributed by atoms with Gasteiger partial charge in [-0.2, -0.15) is 0 Å². The molecule has 0 saturated carbocycles. The SMILES string of the molecule is CN(C)c1ccc(Nc2nc(-c3cccs3)cs2)cc1. The molecule has 102 valence electrons. The second-order valence-electron chi connectivity index (χ2n) is 4.58. The number of anilines is 3. The van der Waals surface area contributed by atoms with Crippen molar-refractivity contribution in [2.45, 2.75) is 0 Å². The van der Waals surface area contributed by atoms with Crippen molar-refractivity contribution < 1.29 is 0 Å². The quantitative estimate of drug-likeness (QED) is 0.758. The summed E-state index contributed by atoms with van der Waals surface area (Å²) in [4.78, 5) is 7.90. The molecule has 0 atom stereocenters. The molecule has 0 aliphatic heterocycles. The molecule has 0 aliphatic carbocycles. The van der Waals surface area contributed by atoms with Gasteiger partial charge in [-0.1, -0.05) is 6.07 Å². The number of hydrogen-bond acceptors (Lipinski definition) is 5. The van der Waals surface area contributed by atoms with E-state index >= 15 is 0 Å². The third-order valence-electron chi connectivity index (χ3n) is 2.91. The predicted octanol–water partition coefficient (Wildman–Crippen LogP) is 4.68. The van der Waals surface area contributed by atoms with E-state index in [2.05, 4.69) is 56.3 Å². The molecular formula is C15H15N3S2. The van der Waals surface area contributed by atoms with E-state index in [9.17, 15) is 0 Å². The maximum atomic E-state index is 4.61. The molecule has 0 amide bonds. The Balaban J connectivity index is 1.75. The first-order valence-electron chi connectivity index (χ1n) is 6.26. The summed E-state index contributed by atoms with van der Waals surface area (Å²) in [5.41, 5.74) is 3.29. The van der Waals surface area contributed by atoms with Crippen LogP contribution in [-0.2, 0) is 0 Å². The molecule has 3 aromatic rings. The Kier molecular flexibility index (Phi) is 3.71. The summed E-state index contributed by atoms with van der Waals surface area (Å²) in [6.45, 7) is 0. The summed E-state index contributed by atoms with van der Waals surface area (Å²) in [7, 11) is 4.08. The van der Waals surface area contributed by atoms with Crippen molar-refractivity contribution >= 4 is 39.2 Å². The van der Waals surface area contributed by atoms with Crippen molar-refractivity contribution in [1.82, 2.24) is 4.98 Å². The molecule has 0 aliphatic rings. The van der Waals surface area contributed by atoms with Gasteiger partial charge in [0.25, 0.3) is 0 Å². The Hall–Kier alpha value is -1.85. The van der Waals surface area contributed by atoms with Gasteiger partial charge in [0.1, 0.15) is 0 Å². The van der Waals surface area contributed by atoms with E-state index in [1.54, 1.807) is 22.7 Å². The largest absolute Gasteiger partial charge is 0.378 e. The van der Waals surface area contributed by atoms with Crippen LogP contribution in [0.2, 0.25) is 0 Å². The lowest BCUT2D eigenvalue weighted by Crippen LogP contribution is -2.08. The molecule has 5 heteroatoms. The van der Waals surface area contributed by atoms with E-state index in [4.69, 9.17) is 0 Å². The number of thiophene rings is 1. The molecule has 0 fully saturated rings. The monoisotopic (exact) mass is 301 g/mol. The molecule has 0 radical (unpaired) electrons. The molecule has 2 aromatic heterocycles. The fraction of sp³-hybridized carbons (Fsp3) is 0.133. The van der Waals surface area contributed by atoms with Gasteiger partial charge in [0, 0.05) is 30.9 Å². The Labute approximate surface area is 126 Å². The van der Waals surface area contributed by atoms with E-state index < -0.39 is 0 Å². The van der Waals surface area contributed by atoms with Gasteiger partial charge in [-0.25, -0.2) is 4.98 Å². The van der Waals surface area contributed by atoms with Crippen LogP contribution in [-0.4, -0.2) is 19.1 Å². The third-order valence-corrected chi connectivity index (χ3v) is 4.56. The number of rotatable bonds is 4. The van der Waals surface area contributed by atoms with Gasteiger partial charge in [0.2, 0.25) is 0 Å². The maximum absolute atomic E-state index is 4.61. The molecule has 1 N–H and O–H groups in total. The molecule has 1 aromatic carbocycles. The van der Waals surface area contributed by atoms with Gasteiger partial charge in [-0.15, -0.1) is 22.7 Å². The summed E-state index contributed by atoms with van der Waals surface area (Å²) in [6.07, 6.45) is 0. The van der Waals surface area contributed by atoms with Crippen molar-refractivity contribution in [2.75, 3.05) is 24.3 Å². The van der Waals surface area contributed by atoms with Crippen molar-refractivity contribution in [2.24, 2.45) is 0 Å². The van der Waals surface area contributed by atoms with E-state index in [0.29, 0.717) is 0 Å². The van der Waals surface area contributed by atoms with Crippen LogP contribution < -0.4 is 10.2 Å². The van der Waals surface area contributed by atoms with Crippen LogP contribution in [0.25, 0.3) is 10.6 Å². The first kappa shape index (κ1) is 13.1. The fourth-order valence-electron chi connectivity index (χ4n) is 1.84. The van der Waals surface area contributed by atoms with Crippen LogP contribution in [0, 0.1) is 0 Å². The molecule has 20 heavy (non-hydrogen) atoms. The normalized spacial score (nSPS) is 10.5. The lowest BCUT2D eigenvalue weighted by molar-refractivity contribution is 1.13. The van der Waals surface area contributed by atoms with Crippen LogP contribution in [0.4, 0.5) is 16.5 Å². The summed E-state index contributed by atoms with van der Waals surface area (Å²) >= 11 is 3.34. The van der Waals surface area contributed by atoms with Crippen molar-refractivity contribution in [3.63, 3.8) is 0 Å². The topological polar surface area (TPSA) is 28.2 Å². The van der Waals surface area contributed by atoms with Gasteiger partial charge in [-0.05, 0) is 35.7 Å². The molecule has 3 nitrogen and oxygen atoms in total. The van der Waals surface area contributed by atoms with Crippen LogP contribution in [0.3, 0.4) is 0 Å². The Morgan fingerprint density at radius 2 is 1.85 bits per heavy atom. The lowest BCUT2D eigenvalue weighted by Gasteiger charge is -2.12. The first-order chi connectivity index (χ1) is 9.72.